The van der Waals surface area contributed by atoms with E-state index < -0.39 is 5.97 Å². The molecule has 2 aromatic rings. The fraction of sp³-hybridized carbons (Fsp3) is 0.286. The van der Waals surface area contributed by atoms with Gasteiger partial charge in [0.2, 0.25) is 0 Å². The van der Waals surface area contributed by atoms with E-state index >= 15 is 0 Å². The van der Waals surface area contributed by atoms with E-state index in [0.717, 1.165) is 22.6 Å². The Labute approximate surface area is 115 Å². The van der Waals surface area contributed by atoms with Gasteiger partial charge in [-0.2, -0.15) is 0 Å². The topological polar surface area (TPSA) is 59.3 Å². The molecule has 0 unspecified atom stereocenters. The molecule has 1 aromatic heterocycles. The van der Waals surface area contributed by atoms with Gasteiger partial charge in [0.15, 0.2) is 0 Å². The van der Waals surface area contributed by atoms with Gasteiger partial charge < -0.3 is 5.11 Å². The van der Waals surface area contributed by atoms with Crippen LogP contribution in [0.2, 0.25) is 0 Å². The molecule has 1 heterocycles. The first-order chi connectivity index (χ1) is 9.13. The van der Waals surface area contributed by atoms with E-state index in [-0.39, 0.29) is 17.8 Å². The molecule has 2 rings (SSSR count). The van der Waals surface area contributed by atoms with E-state index in [1.165, 1.54) is 11.3 Å². The van der Waals surface area contributed by atoms with Gasteiger partial charge in [-0.15, -0.1) is 0 Å². The lowest BCUT2D eigenvalue weighted by molar-refractivity contribution is -0.137. The SMILES string of the molecule is CCc1sc(=O)n(CCC(=O)O)c1-c1ccccc1. The minimum absolute atomic E-state index is 0.0420. The number of rotatable bonds is 5. The van der Waals surface area contributed by atoms with Crippen molar-refractivity contribution in [1.29, 1.82) is 0 Å². The first-order valence-corrected chi connectivity index (χ1v) is 6.94. The lowest BCUT2D eigenvalue weighted by atomic mass is 10.1. The molecule has 0 radical (unpaired) electrons. The van der Waals surface area contributed by atoms with Gasteiger partial charge >= 0.3 is 10.8 Å². The van der Waals surface area contributed by atoms with Gasteiger partial charge in [-0.25, -0.2) is 0 Å². The van der Waals surface area contributed by atoms with Crippen LogP contribution in [-0.4, -0.2) is 15.6 Å². The van der Waals surface area contributed by atoms with Crippen LogP contribution in [0.1, 0.15) is 18.2 Å². The fourth-order valence-corrected chi connectivity index (χ4v) is 2.99. The third kappa shape index (κ3) is 2.93. The first-order valence-electron chi connectivity index (χ1n) is 6.13. The minimum atomic E-state index is -0.893. The average Bonchev–Trinajstić information content (AvgIpc) is 2.73. The minimum Gasteiger partial charge on any atom is -0.481 e. The summed E-state index contributed by atoms with van der Waals surface area (Å²) in [4.78, 5) is 23.6. The Hall–Kier alpha value is -1.88. The summed E-state index contributed by atoms with van der Waals surface area (Å²) in [6.45, 7) is 2.22. The van der Waals surface area contributed by atoms with Crippen molar-refractivity contribution >= 4 is 17.3 Å². The van der Waals surface area contributed by atoms with Gasteiger partial charge in [0, 0.05) is 11.4 Å². The second-order valence-electron chi connectivity index (χ2n) is 4.15. The Morgan fingerprint density at radius 2 is 2.00 bits per heavy atom. The molecule has 0 aliphatic heterocycles. The molecule has 1 N–H and O–H groups in total. The van der Waals surface area contributed by atoms with Gasteiger partial charge in [0.05, 0.1) is 12.1 Å². The maximum Gasteiger partial charge on any atom is 0.307 e. The number of carboxylic acid groups (broad SMARTS) is 1. The third-order valence-electron chi connectivity index (χ3n) is 2.88. The highest BCUT2D eigenvalue weighted by Gasteiger charge is 2.15. The van der Waals surface area contributed by atoms with E-state index in [0.29, 0.717) is 0 Å². The van der Waals surface area contributed by atoms with Gasteiger partial charge in [0.1, 0.15) is 0 Å². The molecule has 100 valence electrons. The maximum absolute atomic E-state index is 12.0. The summed E-state index contributed by atoms with van der Waals surface area (Å²) >= 11 is 1.20. The Morgan fingerprint density at radius 1 is 1.32 bits per heavy atom. The molecule has 0 saturated heterocycles. The molecular formula is C14H15NO3S. The van der Waals surface area contributed by atoms with Gasteiger partial charge in [0.25, 0.3) is 0 Å². The highest BCUT2D eigenvalue weighted by molar-refractivity contribution is 7.09. The third-order valence-corrected chi connectivity index (χ3v) is 4.01. The molecule has 4 nitrogen and oxygen atoms in total. The number of aromatic nitrogens is 1. The van der Waals surface area contributed by atoms with Gasteiger partial charge in [-0.1, -0.05) is 48.6 Å². The van der Waals surface area contributed by atoms with Crippen molar-refractivity contribution < 1.29 is 9.90 Å². The van der Waals surface area contributed by atoms with Crippen molar-refractivity contribution in [3.63, 3.8) is 0 Å². The van der Waals surface area contributed by atoms with Crippen molar-refractivity contribution in [3.8, 4) is 11.3 Å². The number of carboxylic acids is 1. The Morgan fingerprint density at radius 3 is 2.58 bits per heavy atom. The van der Waals surface area contributed by atoms with Crippen LogP contribution in [0.4, 0.5) is 0 Å². The standard InChI is InChI=1S/C14H15NO3S/c1-2-11-13(10-6-4-3-5-7-10)15(14(18)19-11)9-8-12(16)17/h3-7H,2,8-9H2,1H3,(H,16,17). The molecular weight excluding hydrogens is 262 g/mol. The van der Waals surface area contributed by atoms with Crippen molar-refractivity contribution in [1.82, 2.24) is 4.57 Å². The van der Waals surface area contributed by atoms with E-state index in [2.05, 4.69) is 0 Å². The van der Waals surface area contributed by atoms with Gasteiger partial charge in [-0.3, -0.25) is 14.2 Å². The number of hydrogen-bond donors (Lipinski definition) is 1. The predicted molar refractivity (Wildman–Crippen MR) is 75.6 cm³/mol. The summed E-state index contributed by atoms with van der Waals surface area (Å²) in [6, 6.07) is 9.63. The summed E-state index contributed by atoms with van der Waals surface area (Å²) in [5.74, 6) is -0.893. The molecule has 0 spiro atoms. The summed E-state index contributed by atoms with van der Waals surface area (Å²) < 4.78 is 1.58. The number of carbonyl (C=O) groups is 1. The first kappa shape index (κ1) is 13.5. The van der Waals surface area contributed by atoms with Crippen LogP contribution in [0.15, 0.2) is 35.1 Å². The Kier molecular flexibility index (Phi) is 4.16. The number of hydrogen-bond acceptors (Lipinski definition) is 3. The number of aliphatic carboxylic acids is 1. The summed E-state index contributed by atoms with van der Waals surface area (Å²) in [7, 11) is 0. The zero-order valence-electron chi connectivity index (χ0n) is 10.6. The monoisotopic (exact) mass is 277 g/mol. The number of nitrogens with zero attached hydrogens (tertiary/aromatic N) is 1. The zero-order valence-corrected chi connectivity index (χ0v) is 11.4. The Balaban J connectivity index is 2.50. The molecule has 0 atom stereocenters. The second-order valence-corrected chi connectivity index (χ2v) is 5.20. The normalized spacial score (nSPS) is 10.6. The van der Waals surface area contributed by atoms with Crippen molar-refractivity contribution in [2.45, 2.75) is 26.3 Å². The number of aryl methyl sites for hydroxylation is 1. The summed E-state index contributed by atoms with van der Waals surface area (Å²) in [5.41, 5.74) is 1.82. The molecule has 19 heavy (non-hydrogen) atoms. The summed E-state index contributed by atoms with van der Waals surface area (Å²) in [6.07, 6.45) is 0.726. The van der Waals surface area contributed by atoms with Crippen molar-refractivity contribution in [3.05, 3.63) is 44.9 Å². The molecule has 1 aromatic carbocycles. The molecule has 5 heteroatoms. The molecule has 0 aliphatic carbocycles. The molecule has 0 saturated carbocycles. The van der Waals surface area contributed by atoms with Crippen LogP contribution >= 0.6 is 11.3 Å². The van der Waals surface area contributed by atoms with Crippen LogP contribution in [0, 0.1) is 0 Å². The quantitative estimate of drug-likeness (QED) is 0.914. The summed E-state index contributed by atoms with van der Waals surface area (Å²) in [5, 5.41) is 8.78. The maximum atomic E-state index is 12.0. The highest BCUT2D eigenvalue weighted by Crippen LogP contribution is 2.26. The molecule has 0 bridgehead atoms. The highest BCUT2D eigenvalue weighted by atomic mass is 32.1. The van der Waals surface area contributed by atoms with Crippen LogP contribution in [0.5, 0.6) is 0 Å². The largest absolute Gasteiger partial charge is 0.481 e. The second kappa shape index (κ2) is 5.84. The lowest BCUT2D eigenvalue weighted by Crippen LogP contribution is -2.16. The van der Waals surface area contributed by atoms with E-state index in [1.807, 2.05) is 37.3 Å². The van der Waals surface area contributed by atoms with E-state index in [9.17, 15) is 9.59 Å². The van der Waals surface area contributed by atoms with Crippen LogP contribution in [0.3, 0.4) is 0 Å². The van der Waals surface area contributed by atoms with Crippen molar-refractivity contribution in [2.75, 3.05) is 0 Å². The lowest BCUT2D eigenvalue weighted by Gasteiger charge is -2.08. The van der Waals surface area contributed by atoms with Crippen LogP contribution < -0.4 is 4.87 Å². The zero-order chi connectivity index (χ0) is 13.8. The predicted octanol–water partition coefficient (Wildman–Crippen LogP) is 2.61. The van der Waals surface area contributed by atoms with Crippen LogP contribution in [-0.2, 0) is 17.8 Å². The average molecular weight is 277 g/mol. The molecule has 0 fully saturated rings. The van der Waals surface area contributed by atoms with Crippen LogP contribution in [0.25, 0.3) is 11.3 Å². The molecule has 0 amide bonds. The number of thiazole rings is 1. The van der Waals surface area contributed by atoms with Crippen molar-refractivity contribution in [2.24, 2.45) is 0 Å². The molecule has 0 aliphatic rings. The fourth-order valence-electron chi connectivity index (χ4n) is 2.01. The van der Waals surface area contributed by atoms with E-state index in [1.54, 1.807) is 4.57 Å². The smallest absolute Gasteiger partial charge is 0.307 e. The Bertz CT molecular complexity index is 628. The number of benzene rings is 1. The van der Waals surface area contributed by atoms with E-state index in [4.69, 9.17) is 5.11 Å². The van der Waals surface area contributed by atoms with Gasteiger partial charge in [-0.05, 0) is 12.0 Å².